The minimum Gasteiger partial charge on any atom is -0.482 e. The van der Waals surface area contributed by atoms with E-state index in [1.54, 1.807) is 17.8 Å². The van der Waals surface area contributed by atoms with Gasteiger partial charge in [-0.25, -0.2) is 18.2 Å². The maximum atomic E-state index is 12.3. The van der Waals surface area contributed by atoms with Gasteiger partial charge in [-0.2, -0.15) is 0 Å². The topological polar surface area (TPSA) is 106 Å². The summed E-state index contributed by atoms with van der Waals surface area (Å²) in [4.78, 5) is 15.6. The summed E-state index contributed by atoms with van der Waals surface area (Å²) in [7, 11) is -3.40. The molecule has 30 heavy (non-hydrogen) atoms. The van der Waals surface area contributed by atoms with E-state index in [1.165, 1.54) is 12.3 Å². The summed E-state index contributed by atoms with van der Waals surface area (Å²) in [5, 5.41) is 12.1. The van der Waals surface area contributed by atoms with Crippen molar-refractivity contribution in [3.8, 4) is 5.75 Å². The molecule has 0 atom stereocenters. The summed E-state index contributed by atoms with van der Waals surface area (Å²) in [6, 6.07) is 7.07. The number of hydrogen-bond donors (Lipinski definition) is 2. The van der Waals surface area contributed by atoms with Crippen molar-refractivity contribution in [1.29, 1.82) is 0 Å². The van der Waals surface area contributed by atoms with Gasteiger partial charge in [-0.15, -0.1) is 11.8 Å². The van der Waals surface area contributed by atoms with E-state index in [0.29, 0.717) is 23.2 Å². The fourth-order valence-corrected chi connectivity index (χ4v) is 5.24. The minimum absolute atomic E-state index is 0.0277. The van der Waals surface area contributed by atoms with Gasteiger partial charge in [-0.1, -0.05) is 11.6 Å². The zero-order chi connectivity index (χ0) is 22.1. The highest BCUT2D eigenvalue weighted by atomic mass is 79.9. The Morgan fingerprint density at radius 2 is 2.10 bits per heavy atom. The van der Waals surface area contributed by atoms with Gasteiger partial charge in [0, 0.05) is 23.4 Å². The Balaban J connectivity index is 1.67. The van der Waals surface area contributed by atoms with Gasteiger partial charge in [-0.3, -0.25) is 0 Å². The molecular formula is C19H22BrClN2O5S2. The van der Waals surface area contributed by atoms with Crippen molar-refractivity contribution in [3.05, 3.63) is 45.7 Å². The van der Waals surface area contributed by atoms with Crippen molar-refractivity contribution in [2.75, 3.05) is 31.2 Å². The first kappa shape index (κ1) is 24.9. The maximum Gasteiger partial charge on any atom is 0.341 e. The highest BCUT2D eigenvalue weighted by Crippen LogP contribution is 2.25. The van der Waals surface area contributed by atoms with E-state index in [2.05, 4.69) is 26.2 Å². The lowest BCUT2D eigenvalue weighted by atomic mass is 10.2. The molecule has 0 fully saturated rings. The number of aryl methyl sites for hydroxylation is 1. The molecule has 0 saturated heterocycles. The fraction of sp³-hybridized carbons (Fsp3) is 0.368. The van der Waals surface area contributed by atoms with Crippen molar-refractivity contribution in [2.45, 2.75) is 23.1 Å². The third-order valence-electron chi connectivity index (χ3n) is 3.94. The first-order valence-electron chi connectivity index (χ1n) is 9.01. The summed E-state index contributed by atoms with van der Waals surface area (Å²) < 4.78 is 30.3. The van der Waals surface area contributed by atoms with E-state index in [-0.39, 0.29) is 22.4 Å². The second-order valence-electron chi connectivity index (χ2n) is 6.32. The van der Waals surface area contributed by atoms with Crippen LogP contribution in [0.25, 0.3) is 0 Å². The number of pyridine rings is 1. The molecule has 164 valence electrons. The van der Waals surface area contributed by atoms with E-state index >= 15 is 0 Å². The van der Waals surface area contributed by atoms with Crippen molar-refractivity contribution in [3.63, 3.8) is 0 Å². The van der Waals surface area contributed by atoms with Crippen molar-refractivity contribution in [1.82, 2.24) is 10.3 Å². The molecule has 0 spiro atoms. The Morgan fingerprint density at radius 1 is 1.33 bits per heavy atom. The number of sulfone groups is 1. The van der Waals surface area contributed by atoms with Gasteiger partial charge in [0.05, 0.1) is 15.1 Å². The van der Waals surface area contributed by atoms with Gasteiger partial charge in [-0.05, 0) is 65.6 Å². The number of carbonyl (C=O) groups is 1. The van der Waals surface area contributed by atoms with Crippen LogP contribution >= 0.6 is 39.3 Å². The molecule has 11 heteroatoms. The summed E-state index contributed by atoms with van der Waals surface area (Å²) in [6.07, 6.45) is 1.76. The van der Waals surface area contributed by atoms with Crippen LogP contribution in [0.3, 0.4) is 0 Å². The van der Waals surface area contributed by atoms with E-state index in [1.807, 2.05) is 19.1 Å². The number of carboxylic acids is 1. The average molecular weight is 538 g/mol. The lowest BCUT2D eigenvalue weighted by Gasteiger charge is -2.09. The number of nitrogens with zero attached hydrogens (tertiary/aromatic N) is 1. The van der Waals surface area contributed by atoms with Crippen LogP contribution in [0.15, 0.2) is 44.7 Å². The van der Waals surface area contributed by atoms with Gasteiger partial charge in [0.1, 0.15) is 10.9 Å². The van der Waals surface area contributed by atoms with E-state index in [4.69, 9.17) is 21.4 Å². The summed E-state index contributed by atoms with van der Waals surface area (Å²) in [5.41, 5.74) is 0.878. The third-order valence-corrected chi connectivity index (χ3v) is 7.84. The first-order chi connectivity index (χ1) is 14.2. The molecule has 0 aliphatic carbocycles. The standard InChI is InChI=1S/C19H22BrClN2O5S2/c1-13-9-14(3-4-17(13)28-12-18(24)25)29-7-6-22-5-2-8-30(26,27)15-10-16(20)19(21)23-11-15/h3-4,9-11,22H,2,5-8,12H2,1H3,(H,24,25). The monoisotopic (exact) mass is 536 g/mol. The first-order valence-corrected chi connectivity index (χ1v) is 12.8. The summed E-state index contributed by atoms with van der Waals surface area (Å²) >= 11 is 10.6. The van der Waals surface area contributed by atoms with Gasteiger partial charge >= 0.3 is 5.97 Å². The zero-order valence-electron chi connectivity index (χ0n) is 16.2. The number of nitrogens with one attached hydrogen (secondary N) is 1. The number of rotatable bonds is 12. The van der Waals surface area contributed by atoms with Crippen LogP contribution in [0.5, 0.6) is 5.75 Å². The Kier molecular flexibility index (Phi) is 9.89. The van der Waals surface area contributed by atoms with Crippen LogP contribution in [0.1, 0.15) is 12.0 Å². The predicted octanol–water partition coefficient (Wildman–Crippen LogP) is 3.82. The van der Waals surface area contributed by atoms with E-state index < -0.39 is 15.8 Å². The van der Waals surface area contributed by atoms with E-state index in [9.17, 15) is 13.2 Å². The SMILES string of the molecule is Cc1cc(SCCNCCCS(=O)(=O)c2cnc(Cl)c(Br)c2)ccc1OCC(=O)O. The predicted molar refractivity (Wildman–Crippen MR) is 122 cm³/mol. The zero-order valence-corrected chi connectivity index (χ0v) is 20.2. The number of benzene rings is 1. The largest absolute Gasteiger partial charge is 0.482 e. The number of hydrogen-bond acceptors (Lipinski definition) is 7. The smallest absolute Gasteiger partial charge is 0.341 e. The Morgan fingerprint density at radius 3 is 2.77 bits per heavy atom. The highest BCUT2D eigenvalue weighted by Gasteiger charge is 2.16. The lowest BCUT2D eigenvalue weighted by Crippen LogP contribution is -2.21. The fourth-order valence-electron chi connectivity index (χ4n) is 2.46. The molecule has 2 N–H and O–H groups in total. The number of carboxylic acid groups (broad SMARTS) is 1. The maximum absolute atomic E-state index is 12.3. The quantitative estimate of drug-likeness (QED) is 0.239. The number of halogens is 2. The second kappa shape index (κ2) is 11.9. The molecule has 0 amide bonds. The van der Waals surface area contributed by atoms with Crippen LogP contribution in [0.2, 0.25) is 5.15 Å². The van der Waals surface area contributed by atoms with Gasteiger partial charge in [0.15, 0.2) is 16.4 Å². The third kappa shape index (κ3) is 8.07. The summed E-state index contributed by atoms with van der Waals surface area (Å²) in [6.45, 7) is 2.82. The lowest BCUT2D eigenvalue weighted by molar-refractivity contribution is -0.139. The molecule has 0 saturated carbocycles. The second-order valence-corrected chi connectivity index (χ2v) is 10.8. The van der Waals surface area contributed by atoms with Crippen molar-refractivity contribution < 1.29 is 23.1 Å². The van der Waals surface area contributed by atoms with Gasteiger partial charge < -0.3 is 15.2 Å². The Bertz CT molecular complexity index is 989. The molecule has 2 rings (SSSR count). The van der Waals surface area contributed by atoms with Crippen LogP contribution in [0.4, 0.5) is 0 Å². The molecule has 1 aromatic heterocycles. The molecule has 1 aromatic carbocycles. The van der Waals surface area contributed by atoms with Crippen LogP contribution < -0.4 is 10.1 Å². The number of thioether (sulfide) groups is 1. The van der Waals surface area contributed by atoms with Crippen LogP contribution in [0, 0.1) is 6.92 Å². The van der Waals surface area contributed by atoms with Crippen LogP contribution in [-0.2, 0) is 14.6 Å². The average Bonchev–Trinajstić information content (AvgIpc) is 2.68. The Labute approximate surface area is 193 Å². The van der Waals surface area contributed by atoms with Gasteiger partial charge in [0.25, 0.3) is 0 Å². The van der Waals surface area contributed by atoms with Crippen LogP contribution in [-0.4, -0.2) is 55.7 Å². The van der Waals surface area contributed by atoms with Crippen molar-refractivity contribution >= 4 is 55.1 Å². The van der Waals surface area contributed by atoms with Crippen molar-refractivity contribution in [2.24, 2.45) is 0 Å². The molecule has 0 aliphatic rings. The minimum atomic E-state index is -3.40. The normalized spacial score (nSPS) is 11.4. The molecule has 0 unspecified atom stereocenters. The molecule has 0 aliphatic heterocycles. The molecular weight excluding hydrogens is 516 g/mol. The number of aliphatic carboxylic acids is 1. The number of aromatic nitrogens is 1. The molecule has 0 bridgehead atoms. The highest BCUT2D eigenvalue weighted by molar-refractivity contribution is 9.10. The summed E-state index contributed by atoms with van der Waals surface area (Å²) in [5.74, 6) is 0.392. The molecule has 0 radical (unpaired) electrons. The number of ether oxygens (including phenoxy) is 1. The van der Waals surface area contributed by atoms with E-state index in [0.717, 1.165) is 22.8 Å². The van der Waals surface area contributed by atoms with Gasteiger partial charge in [0.2, 0.25) is 0 Å². The Hall–Kier alpha value is -1.33. The molecule has 1 heterocycles. The molecule has 2 aromatic rings. The molecule has 7 nitrogen and oxygen atoms in total.